The normalized spacial score (nSPS) is 13.1. The maximum absolute atomic E-state index is 13.2. The van der Waals surface area contributed by atoms with Crippen molar-refractivity contribution in [2.75, 3.05) is 51.2 Å². The van der Waals surface area contributed by atoms with Gasteiger partial charge in [-0.15, -0.1) is 0 Å². The number of anilines is 2. The number of methoxy groups -OCH3 is 2. The number of nitrogens with zero attached hydrogens (tertiary/aromatic N) is 3. The highest BCUT2D eigenvalue weighted by Crippen LogP contribution is 2.36. The van der Waals surface area contributed by atoms with Crippen LogP contribution < -0.4 is 24.6 Å². The van der Waals surface area contributed by atoms with Gasteiger partial charge in [-0.05, 0) is 35.7 Å². The van der Waals surface area contributed by atoms with E-state index in [-0.39, 0.29) is 35.3 Å². The molecule has 0 aromatic heterocycles. The van der Waals surface area contributed by atoms with E-state index in [1.165, 1.54) is 31.9 Å². The Bertz CT molecular complexity index is 1260. The Morgan fingerprint density at radius 1 is 1.08 bits per heavy atom. The zero-order chi connectivity index (χ0) is 25.8. The molecule has 9 heteroatoms. The fraction of sp³-hybridized carbons (Fsp3) is 0.296. The molecule has 1 aliphatic rings. The minimum absolute atomic E-state index is 0.0822. The molecule has 188 valence electrons. The van der Waals surface area contributed by atoms with E-state index in [1.54, 1.807) is 0 Å². The van der Waals surface area contributed by atoms with Crippen LogP contribution in [0.25, 0.3) is 0 Å². The Kier molecular flexibility index (Phi) is 7.28. The van der Waals surface area contributed by atoms with Crippen molar-refractivity contribution in [2.24, 2.45) is 0 Å². The number of carbonyl (C=O) groups is 1. The molecule has 3 aromatic rings. The number of nitro groups is 1. The highest BCUT2D eigenvalue weighted by atomic mass is 16.6. The smallest absolute Gasteiger partial charge is 0.286 e. The molecule has 1 atom stereocenters. The van der Waals surface area contributed by atoms with Gasteiger partial charge in [-0.2, -0.15) is 0 Å². The number of ether oxygens (including phenoxy) is 2. The summed E-state index contributed by atoms with van der Waals surface area (Å²) in [7, 11) is 6.78. The summed E-state index contributed by atoms with van der Waals surface area (Å²) in [4.78, 5) is 28.7. The summed E-state index contributed by atoms with van der Waals surface area (Å²) >= 11 is 0. The fourth-order valence-electron chi connectivity index (χ4n) is 4.58. The molecule has 0 saturated carbocycles. The molecule has 0 bridgehead atoms. The van der Waals surface area contributed by atoms with Gasteiger partial charge in [-0.3, -0.25) is 14.9 Å². The van der Waals surface area contributed by atoms with E-state index in [4.69, 9.17) is 9.47 Å². The van der Waals surface area contributed by atoms with Crippen LogP contribution >= 0.6 is 0 Å². The zero-order valence-corrected chi connectivity index (χ0v) is 20.9. The third-order valence-electron chi connectivity index (χ3n) is 6.49. The average Bonchev–Trinajstić information content (AvgIpc) is 3.32. The third kappa shape index (κ3) is 4.91. The number of para-hydroxylation sites is 1. The Hall–Kier alpha value is -4.27. The molecule has 36 heavy (non-hydrogen) atoms. The molecule has 4 rings (SSSR count). The standard InChI is InChI=1S/C27H30N4O5/c1-29(2)20-11-9-19(10-12-20)24(30-14-13-18-7-5-6-8-22(18)30)17-28-27(32)21-15-25(35-3)26(36-4)16-23(21)31(33)34/h5-12,15-16,24H,13-14,17H2,1-4H3,(H,28,32). The topological polar surface area (TPSA) is 97.2 Å². The Morgan fingerprint density at radius 3 is 2.39 bits per heavy atom. The summed E-state index contributed by atoms with van der Waals surface area (Å²) in [6, 6.07) is 18.9. The van der Waals surface area contributed by atoms with Gasteiger partial charge in [0, 0.05) is 44.6 Å². The second-order valence-electron chi connectivity index (χ2n) is 8.77. The van der Waals surface area contributed by atoms with Crippen LogP contribution in [0.15, 0.2) is 60.7 Å². The van der Waals surface area contributed by atoms with Gasteiger partial charge in [0.05, 0.1) is 31.3 Å². The van der Waals surface area contributed by atoms with Gasteiger partial charge in [0.15, 0.2) is 11.5 Å². The largest absolute Gasteiger partial charge is 0.493 e. The van der Waals surface area contributed by atoms with E-state index in [9.17, 15) is 14.9 Å². The number of amides is 1. The summed E-state index contributed by atoms with van der Waals surface area (Å²) < 4.78 is 10.4. The maximum atomic E-state index is 13.2. The molecule has 0 aliphatic carbocycles. The van der Waals surface area contributed by atoms with Crippen molar-refractivity contribution in [2.45, 2.75) is 12.5 Å². The lowest BCUT2D eigenvalue weighted by molar-refractivity contribution is -0.385. The van der Waals surface area contributed by atoms with Crippen molar-refractivity contribution < 1.29 is 19.2 Å². The first kappa shape index (κ1) is 24.8. The number of nitrogens with one attached hydrogen (secondary N) is 1. The molecule has 0 radical (unpaired) electrons. The average molecular weight is 491 g/mol. The summed E-state index contributed by atoms with van der Waals surface area (Å²) in [6.45, 7) is 1.08. The summed E-state index contributed by atoms with van der Waals surface area (Å²) in [5.74, 6) is -0.115. The van der Waals surface area contributed by atoms with Crippen LogP contribution in [0.1, 0.15) is 27.5 Å². The Balaban J connectivity index is 1.65. The van der Waals surface area contributed by atoms with Gasteiger partial charge in [0.1, 0.15) is 5.56 Å². The molecule has 1 aliphatic heterocycles. The predicted molar refractivity (Wildman–Crippen MR) is 140 cm³/mol. The van der Waals surface area contributed by atoms with Gasteiger partial charge < -0.3 is 24.6 Å². The minimum Gasteiger partial charge on any atom is -0.493 e. The van der Waals surface area contributed by atoms with Crippen LogP contribution in [0.4, 0.5) is 17.1 Å². The third-order valence-corrected chi connectivity index (χ3v) is 6.49. The van der Waals surface area contributed by atoms with Gasteiger partial charge in [-0.25, -0.2) is 0 Å². The van der Waals surface area contributed by atoms with Crippen molar-refractivity contribution in [3.63, 3.8) is 0 Å². The molecular formula is C27H30N4O5. The molecule has 1 unspecified atom stereocenters. The number of nitro benzene ring substituents is 1. The van der Waals surface area contributed by atoms with E-state index < -0.39 is 10.8 Å². The fourth-order valence-corrected chi connectivity index (χ4v) is 4.58. The Morgan fingerprint density at radius 2 is 1.75 bits per heavy atom. The lowest BCUT2D eigenvalue weighted by Crippen LogP contribution is -2.37. The molecule has 3 aromatic carbocycles. The number of hydrogen-bond donors (Lipinski definition) is 1. The van der Waals surface area contributed by atoms with Crippen LogP contribution in [-0.2, 0) is 6.42 Å². The lowest BCUT2D eigenvalue weighted by atomic mass is 10.0. The van der Waals surface area contributed by atoms with Crippen molar-refractivity contribution >= 4 is 23.0 Å². The summed E-state index contributed by atoms with van der Waals surface area (Å²) in [5.41, 5.74) is 4.08. The molecule has 0 spiro atoms. The van der Waals surface area contributed by atoms with E-state index >= 15 is 0 Å². The molecule has 9 nitrogen and oxygen atoms in total. The van der Waals surface area contributed by atoms with Gasteiger partial charge in [-0.1, -0.05) is 30.3 Å². The van der Waals surface area contributed by atoms with Crippen molar-refractivity contribution in [1.82, 2.24) is 5.32 Å². The van der Waals surface area contributed by atoms with Gasteiger partial charge >= 0.3 is 0 Å². The monoisotopic (exact) mass is 490 g/mol. The zero-order valence-electron chi connectivity index (χ0n) is 20.9. The number of hydrogen-bond acceptors (Lipinski definition) is 7. The molecule has 0 saturated heterocycles. The lowest BCUT2D eigenvalue weighted by Gasteiger charge is -2.31. The SMILES string of the molecule is COc1cc(C(=O)NCC(c2ccc(N(C)C)cc2)N2CCc3ccccc32)c([N+](=O)[O-])cc1OC. The van der Waals surface area contributed by atoms with Crippen molar-refractivity contribution in [1.29, 1.82) is 0 Å². The van der Waals surface area contributed by atoms with Crippen molar-refractivity contribution in [3.05, 3.63) is 87.5 Å². The first-order chi connectivity index (χ1) is 17.3. The maximum Gasteiger partial charge on any atom is 0.286 e. The van der Waals surface area contributed by atoms with E-state index in [1.807, 2.05) is 43.3 Å². The Labute approximate surface area is 210 Å². The first-order valence-electron chi connectivity index (χ1n) is 11.6. The number of carbonyl (C=O) groups excluding carboxylic acids is 1. The second kappa shape index (κ2) is 10.6. The molecule has 1 heterocycles. The van der Waals surface area contributed by atoms with Gasteiger partial charge in [0.25, 0.3) is 11.6 Å². The van der Waals surface area contributed by atoms with E-state index in [0.717, 1.165) is 29.9 Å². The molecule has 0 fully saturated rings. The van der Waals surface area contributed by atoms with Crippen LogP contribution in [0.2, 0.25) is 0 Å². The van der Waals surface area contributed by atoms with Gasteiger partial charge in [0.2, 0.25) is 0 Å². The highest BCUT2D eigenvalue weighted by molar-refractivity contribution is 5.99. The number of benzene rings is 3. The van der Waals surface area contributed by atoms with Crippen LogP contribution in [0, 0.1) is 10.1 Å². The molecule has 1 N–H and O–H groups in total. The van der Waals surface area contributed by atoms with Crippen molar-refractivity contribution in [3.8, 4) is 11.5 Å². The van der Waals surface area contributed by atoms with Crippen LogP contribution in [0.3, 0.4) is 0 Å². The van der Waals surface area contributed by atoms with E-state index in [0.29, 0.717) is 0 Å². The van der Waals surface area contributed by atoms with Crippen LogP contribution in [0.5, 0.6) is 11.5 Å². The van der Waals surface area contributed by atoms with E-state index in [2.05, 4.69) is 34.5 Å². The second-order valence-corrected chi connectivity index (χ2v) is 8.77. The molecular weight excluding hydrogens is 460 g/mol. The summed E-state index contributed by atoms with van der Waals surface area (Å²) in [5, 5.41) is 14.6. The molecule has 1 amide bonds. The predicted octanol–water partition coefficient (Wildman–Crippen LogP) is 4.21. The minimum atomic E-state index is -0.592. The number of fused-ring (bicyclic) bond motifs is 1. The summed E-state index contributed by atoms with van der Waals surface area (Å²) in [6.07, 6.45) is 0.914. The van der Waals surface area contributed by atoms with Crippen LogP contribution in [-0.4, -0.2) is 52.2 Å². The first-order valence-corrected chi connectivity index (χ1v) is 11.6. The quantitative estimate of drug-likeness (QED) is 0.354. The highest BCUT2D eigenvalue weighted by Gasteiger charge is 2.29. The number of rotatable bonds is 9.